The molecule has 1 aliphatic rings. The second-order valence-electron chi connectivity index (χ2n) is 5.01. The summed E-state index contributed by atoms with van der Waals surface area (Å²) in [4.78, 5) is 12.2. The Bertz CT molecular complexity index is 718. The molecular formula is C13H16BrN5O. The molecule has 7 heteroatoms. The number of fused-ring (bicyclic) bond motifs is 1. The fourth-order valence-corrected chi connectivity index (χ4v) is 2.93. The van der Waals surface area contributed by atoms with Gasteiger partial charge < -0.3 is 5.32 Å². The van der Waals surface area contributed by atoms with Crippen LogP contribution in [0.3, 0.4) is 0 Å². The van der Waals surface area contributed by atoms with Gasteiger partial charge in [0.25, 0.3) is 5.56 Å². The van der Waals surface area contributed by atoms with Crippen LogP contribution in [0.1, 0.15) is 22.6 Å². The summed E-state index contributed by atoms with van der Waals surface area (Å²) in [5, 5.41) is 12.1. The van der Waals surface area contributed by atoms with E-state index in [4.69, 9.17) is 0 Å². The minimum Gasteiger partial charge on any atom is -0.312 e. The Labute approximate surface area is 124 Å². The van der Waals surface area contributed by atoms with Crippen LogP contribution in [0.15, 0.2) is 15.3 Å². The van der Waals surface area contributed by atoms with Crippen molar-refractivity contribution in [1.29, 1.82) is 0 Å². The molecule has 0 bridgehead atoms. The van der Waals surface area contributed by atoms with Crippen LogP contribution in [-0.2, 0) is 26.6 Å². The van der Waals surface area contributed by atoms with E-state index in [0.717, 1.165) is 46.6 Å². The molecule has 0 amide bonds. The molecular weight excluding hydrogens is 322 g/mol. The van der Waals surface area contributed by atoms with E-state index in [0.29, 0.717) is 6.54 Å². The normalized spacial score (nSPS) is 14.3. The van der Waals surface area contributed by atoms with Crippen molar-refractivity contribution in [3.05, 3.63) is 43.5 Å². The highest BCUT2D eigenvalue weighted by atomic mass is 79.9. The molecule has 6 nitrogen and oxygen atoms in total. The van der Waals surface area contributed by atoms with Gasteiger partial charge in [-0.25, -0.2) is 4.68 Å². The highest BCUT2D eigenvalue weighted by molar-refractivity contribution is 9.10. The molecule has 0 radical (unpaired) electrons. The van der Waals surface area contributed by atoms with Crippen LogP contribution in [0.25, 0.3) is 0 Å². The number of hydrogen-bond donors (Lipinski definition) is 1. The van der Waals surface area contributed by atoms with Crippen molar-refractivity contribution in [2.45, 2.75) is 26.4 Å². The van der Waals surface area contributed by atoms with Gasteiger partial charge in [-0.15, -0.1) is 0 Å². The largest absolute Gasteiger partial charge is 0.312 e. The van der Waals surface area contributed by atoms with E-state index in [2.05, 4.69) is 31.4 Å². The first-order chi connectivity index (χ1) is 9.56. The molecule has 2 aromatic rings. The first-order valence-electron chi connectivity index (χ1n) is 6.55. The van der Waals surface area contributed by atoms with Crippen LogP contribution in [0, 0.1) is 6.92 Å². The zero-order valence-corrected chi connectivity index (χ0v) is 13.1. The van der Waals surface area contributed by atoms with E-state index >= 15 is 0 Å². The van der Waals surface area contributed by atoms with Gasteiger partial charge in [0, 0.05) is 32.6 Å². The lowest BCUT2D eigenvalue weighted by Gasteiger charge is -2.17. The molecule has 106 valence electrons. The minimum absolute atomic E-state index is 0.0711. The minimum atomic E-state index is -0.0711. The fraction of sp³-hybridized carbons (Fsp3) is 0.462. The number of rotatable bonds is 2. The standard InChI is InChI=1S/C13H16BrN5O/c1-8-13(14)11(18(2)16-8)7-19-12(20)5-9-6-15-4-3-10(9)17-19/h5,15H,3-4,6-7H2,1-2H3. The monoisotopic (exact) mass is 337 g/mol. The maximum Gasteiger partial charge on any atom is 0.267 e. The molecule has 0 atom stereocenters. The van der Waals surface area contributed by atoms with Gasteiger partial charge in [0.05, 0.1) is 28.1 Å². The summed E-state index contributed by atoms with van der Waals surface area (Å²) < 4.78 is 4.24. The molecule has 0 saturated carbocycles. The molecule has 0 fully saturated rings. The average Bonchev–Trinajstić information content (AvgIpc) is 2.66. The summed E-state index contributed by atoms with van der Waals surface area (Å²) in [6.45, 7) is 4.00. The molecule has 2 aromatic heterocycles. The van der Waals surface area contributed by atoms with Crippen LogP contribution in [0.4, 0.5) is 0 Å². The number of aryl methyl sites for hydroxylation is 2. The molecule has 0 spiro atoms. The highest BCUT2D eigenvalue weighted by Gasteiger charge is 2.16. The summed E-state index contributed by atoms with van der Waals surface area (Å²) in [6, 6.07) is 1.69. The lowest BCUT2D eigenvalue weighted by Crippen LogP contribution is -2.32. The highest BCUT2D eigenvalue weighted by Crippen LogP contribution is 2.20. The number of hydrogen-bond acceptors (Lipinski definition) is 4. The Balaban J connectivity index is 2.00. The summed E-state index contributed by atoms with van der Waals surface area (Å²) in [6.07, 6.45) is 0.862. The maximum atomic E-state index is 12.2. The fourth-order valence-electron chi connectivity index (χ4n) is 2.47. The Hall–Kier alpha value is -1.47. The van der Waals surface area contributed by atoms with Gasteiger partial charge in [0.1, 0.15) is 0 Å². The van der Waals surface area contributed by atoms with Gasteiger partial charge in [-0.1, -0.05) is 0 Å². The summed E-state index contributed by atoms with van der Waals surface area (Å²) in [5.74, 6) is 0. The predicted octanol–water partition coefficient (Wildman–Crippen LogP) is 0.742. The Morgan fingerprint density at radius 3 is 2.95 bits per heavy atom. The molecule has 0 unspecified atom stereocenters. The van der Waals surface area contributed by atoms with Crippen LogP contribution in [0.2, 0.25) is 0 Å². The van der Waals surface area contributed by atoms with Crippen molar-refractivity contribution in [2.75, 3.05) is 6.54 Å². The van der Waals surface area contributed by atoms with Gasteiger partial charge >= 0.3 is 0 Å². The third-order valence-electron chi connectivity index (χ3n) is 3.58. The molecule has 3 rings (SSSR count). The van der Waals surface area contributed by atoms with Crippen molar-refractivity contribution in [1.82, 2.24) is 24.9 Å². The van der Waals surface area contributed by atoms with Gasteiger partial charge in [0.2, 0.25) is 0 Å². The van der Waals surface area contributed by atoms with E-state index in [1.54, 1.807) is 10.7 Å². The van der Waals surface area contributed by atoms with Crippen LogP contribution in [0.5, 0.6) is 0 Å². The van der Waals surface area contributed by atoms with E-state index in [9.17, 15) is 4.79 Å². The second-order valence-corrected chi connectivity index (χ2v) is 5.80. The third kappa shape index (κ3) is 2.31. The van der Waals surface area contributed by atoms with Crippen molar-refractivity contribution < 1.29 is 0 Å². The Kier molecular flexibility index (Phi) is 3.47. The molecule has 0 aliphatic carbocycles. The zero-order chi connectivity index (χ0) is 14.3. The van der Waals surface area contributed by atoms with E-state index in [-0.39, 0.29) is 5.56 Å². The van der Waals surface area contributed by atoms with Crippen molar-refractivity contribution >= 4 is 15.9 Å². The Morgan fingerprint density at radius 2 is 2.25 bits per heavy atom. The van der Waals surface area contributed by atoms with Crippen molar-refractivity contribution in [3.63, 3.8) is 0 Å². The van der Waals surface area contributed by atoms with E-state index in [1.807, 2.05) is 14.0 Å². The topological polar surface area (TPSA) is 64.7 Å². The summed E-state index contributed by atoms with van der Waals surface area (Å²) in [5.41, 5.74) is 3.82. The quantitative estimate of drug-likeness (QED) is 0.877. The first-order valence-corrected chi connectivity index (χ1v) is 7.34. The van der Waals surface area contributed by atoms with Gasteiger partial charge in [-0.05, 0) is 28.4 Å². The second kappa shape index (κ2) is 5.14. The lowest BCUT2D eigenvalue weighted by atomic mass is 10.1. The van der Waals surface area contributed by atoms with Crippen molar-refractivity contribution in [2.24, 2.45) is 7.05 Å². The number of aromatic nitrogens is 4. The van der Waals surface area contributed by atoms with E-state index < -0.39 is 0 Å². The molecule has 3 heterocycles. The molecule has 0 aromatic carbocycles. The molecule has 1 aliphatic heterocycles. The zero-order valence-electron chi connectivity index (χ0n) is 11.5. The maximum absolute atomic E-state index is 12.2. The van der Waals surface area contributed by atoms with Gasteiger partial charge in [0.15, 0.2) is 0 Å². The van der Waals surface area contributed by atoms with Crippen LogP contribution in [-0.4, -0.2) is 26.1 Å². The number of nitrogens with zero attached hydrogens (tertiary/aromatic N) is 4. The predicted molar refractivity (Wildman–Crippen MR) is 78.7 cm³/mol. The molecule has 0 saturated heterocycles. The molecule has 20 heavy (non-hydrogen) atoms. The summed E-state index contributed by atoms with van der Waals surface area (Å²) in [7, 11) is 1.88. The van der Waals surface area contributed by atoms with Crippen LogP contribution >= 0.6 is 15.9 Å². The average molecular weight is 338 g/mol. The SMILES string of the molecule is Cc1nn(C)c(Cn2nc3c(cc2=O)CNCC3)c1Br. The number of halogens is 1. The Morgan fingerprint density at radius 1 is 1.45 bits per heavy atom. The first kappa shape index (κ1) is 13.5. The molecule has 1 N–H and O–H groups in total. The lowest BCUT2D eigenvalue weighted by molar-refractivity contribution is 0.544. The number of nitrogens with one attached hydrogen (secondary N) is 1. The van der Waals surface area contributed by atoms with Crippen molar-refractivity contribution in [3.8, 4) is 0 Å². The summed E-state index contributed by atoms with van der Waals surface area (Å²) >= 11 is 3.52. The van der Waals surface area contributed by atoms with E-state index in [1.165, 1.54) is 4.68 Å². The smallest absolute Gasteiger partial charge is 0.267 e. The van der Waals surface area contributed by atoms with Crippen LogP contribution < -0.4 is 10.9 Å². The third-order valence-corrected chi connectivity index (χ3v) is 4.61. The van der Waals surface area contributed by atoms with Gasteiger partial charge in [-0.3, -0.25) is 9.48 Å². The van der Waals surface area contributed by atoms with Gasteiger partial charge in [-0.2, -0.15) is 10.2 Å².